The number of benzene rings is 1. The highest BCUT2D eigenvalue weighted by molar-refractivity contribution is 5.87. The van der Waals surface area contributed by atoms with E-state index < -0.39 is 17.8 Å². The number of nitrogens with zero attached hydrogens (tertiary/aromatic N) is 1. The monoisotopic (exact) mass is 321 g/mol. The van der Waals surface area contributed by atoms with Crippen LogP contribution < -0.4 is 4.74 Å². The van der Waals surface area contributed by atoms with Gasteiger partial charge in [0, 0.05) is 12.0 Å². The van der Waals surface area contributed by atoms with E-state index in [4.69, 9.17) is 4.74 Å². The third-order valence-electron chi connectivity index (χ3n) is 5.10. The highest BCUT2D eigenvalue weighted by Crippen LogP contribution is 2.50. The normalized spacial score (nSPS) is 22.0. The Balaban J connectivity index is 1.71. The number of carbonyl (C=O) groups excluding carboxylic acids is 1. The van der Waals surface area contributed by atoms with Crippen molar-refractivity contribution in [2.75, 3.05) is 13.7 Å². The first-order valence-corrected chi connectivity index (χ1v) is 7.81. The number of amides is 1. The SMILES string of the molecule is COc1ccc(CC(=O)N2CC3(CCCC3)[C@@H]2C(=O)O)cc1F. The zero-order chi connectivity index (χ0) is 16.6. The maximum Gasteiger partial charge on any atom is 0.327 e. The summed E-state index contributed by atoms with van der Waals surface area (Å²) in [5.74, 6) is -1.60. The van der Waals surface area contributed by atoms with Crippen molar-refractivity contribution in [3.05, 3.63) is 29.6 Å². The molecule has 1 saturated heterocycles. The van der Waals surface area contributed by atoms with Crippen LogP contribution in [0.3, 0.4) is 0 Å². The molecule has 0 bridgehead atoms. The Morgan fingerprint density at radius 2 is 2.09 bits per heavy atom. The maximum atomic E-state index is 13.7. The maximum absolute atomic E-state index is 13.7. The fourth-order valence-corrected chi connectivity index (χ4v) is 3.97. The number of methoxy groups -OCH3 is 1. The lowest BCUT2D eigenvalue weighted by Crippen LogP contribution is -2.68. The van der Waals surface area contributed by atoms with Crippen molar-refractivity contribution >= 4 is 11.9 Å². The quantitative estimate of drug-likeness (QED) is 0.923. The number of aliphatic carboxylic acids is 1. The van der Waals surface area contributed by atoms with Gasteiger partial charge in [-0.25, -0.2) is 9.18 Å². The van der Waals surface area contributed by atoms with Crippen LogP contribution in [0, 0.1) is 11.2 Å². The average Bonchev–Trinajstić information content (AvgIpc) is 2.95. The predicted molar refractivity (Wildman–Crippen MR) is 80.7 cm³/mol. The van der Waals surface area contributed by atoms with Crippen LogP contribution in [0.1, 0.15) is 31.2 Å². The predicted octanol–water partition coefficient (Wildman–Crippen LogP) is 2.23. The number of rotatable bonds is 4. The number of carbonyl (C=O) groups is 2. The number of hydrogen-bond donors (Lipinski definition) is 1. The smallest absolute Gasteiger partial charge is 0.327 e. The van der Waals surface area contributed by atoms with Crippen LogP contribution in [0.15, 0.2) is 18.2 Å². The first-order chi connectivity index (χ1) is 11.0. The molecule has 23 heavy (non-hydrogen) atoms. The lowest BCUT2D eigenvalue weighted by molar-refractivity contribution is -0.174. The van der Waals surface area contributed by atoms with Crippen molar-refractivity contribution < 1.29 is 23.8 Å². The largest absolute Gasteiger partial charge is 0.494 e. The fraction of sp³-hybridized carbons (Fsp3) is 0.529. The molecule has 1 atom stereocenters. The van der Waals surface area contributed by atoms with Crippen LogP contribution in [0.25, 0.3) is 0 Å². The van der Waals surface area contributed by atoms with Crippen LogP contribution >= 0.6 is 0 Å². The molecule has 2 fully saturated rings. The molecule has 2 aliphatic rings. The van der Waals surface area contributed by atoms with E-state index in [0.29, 0.717) is 12.1 Å². The van der Waals surface area contributed by atoms with Crippen LogP contribution in [0.4, 0.5) is 4.39 Å². The summed E-state index contributed by atoms with van der Waals surface area (Å²) >= 11 is 0. The molecule has 1 saturated carbocycles. The lowest BCUT2D eigenvalue weighted by Gasteiger charge is -2.53. The molecule has 1 amide bonds. The van der Waals surface area contributed by atoms with Crippen molar-refractivity contribution in [3.63, 3.8) is 0 Å². The molecule has 3 rings (SSSR count). The summed E-state index contributed by atoms with van der Waals surface area (Å²) in [6.45, 7) is 0.501. The zero-order valence-corrected chi connectivity index (χ0v) is 13.0. The number of halogens is 1. The van der Waals surface area contributed by atoms with Gasteiger partial charge in [-0.15, -0.1) is 0 Å². The van der Waals surface area contributed by atoms with Gasteiger partial charge in [0.05, 0.1) is 13.5 Å². The molecule has 1 aromatic carbocycles. The Morgan fingerprint density at radius 1 is 1.39 bits per heavy atom. The van der Waals surface area contributed by atoms with Gasteiger partial charge in [-0.2, -0.15) is 0 Å². The van der Waals surface area contributed by atoms with Crippen molar-refractivity contribution in [2.45, 2.75) is 38.1 Å². The van der Waals surface area contributed by atoms with Crippen molar-refractivity contribution in [1.29, 1.82) is 0 Å². The molecule has 124 valence electrons. The van der Waals surface area contributed by atoms with E-state index >= 15 is 0 Å². The Kier molecular flexibility index (Phi) is 4.00. The van der Waals surface area contributed by atoms with Gasteiger partial charge in [0.1, 0.15) is 6.04 Å². The summed E-state index contributed by atoms with van der Waals surface area (Å²) in [4.78, 5) is 25.4. The van der Waals surface area contributed by atoms with E-state index in [1.807, 2.05) is 0 Å². The van der Waals surface area contributed by atoms with Crippen LogP contribution in [-0.4, -0.2) is 41.6 Å². The summed E-state index contributed by atoms with van der Waals surface area (Å²) in [6.07, 6.45) is 3.78. The molecular weight excluding hydrogens is 301 g/mol. The molecule has 0 aromatic heterocycles. The molecule has 1 aromatic rings. The molecule has 5 nitrogen and oxygen atoms in total. The van der Waals surface area contributed by atoms with Gasteiger partial charge in [0.25, 0.3) is 0 Å². The molecule has 1 heterocycles. The summed E-state index contributed by atoms with van der Waals surface area (Å²) in [7, 11) is 1.38. The summed E-state index contributed by atoms with van der Waals surface area (Å²) in [5.41, 5.74) is 0.275. The van der Waals surface area contributed by atoms with Crippen molar-refractivity contribution in [3.8, 4) is 5.75 Å². The van der Waals surface area contributed by atoms with E-state index in [1.54, 1.807) is 6.07 Å². The van der Waals surface area contributed by atoms with E-state index in [2.05, 4.69) is 0 Å². The zero-order valence-electron chi connectivity index (χ0n) is 13.0. The standard InChI is InChI=1S/C17H20FNO4/c1-23-13-5-4-11(8-12(13)18)9-14(20)19-10-17(6-2-3-7-17)15(19)16(21)22/h4-5,8,15H,2-3,6-7,9-10H2,1H3,(H,21,22)/t15-/m0/s1. The number of ether oxygens (including phenoxy) is 1. The Hall–Kier alpha value is -2.11. The topological polar surface area (TPSA) is 66.8 Å². The highest BCUT2D eigenvalue weighted by Gasteiger charge is 2.58. The third-order valence-corrected chi connectivity index (χ3v) is 5.10. The second-order valence-electron chi connectivity index (χ2n) is 6.48. The van der Waals surface area contributed by atoms with Gasteiger partial charge in [0.2, 0.25) is 5.91 Å². The first-order valence-electron chi connectivity index (χ1n) is 7.81. The van der Waals surface area contributed by atoms with Gasteiger partial charge in [-0.3, -0.25) is 4.79 Å². The van der Waals surface area contributed by atoms with E-state index in [1.165, 1.54) is 24.1 Å². The van der Waals surface area contributed by atoms with Crippen molar-refractivity contribution in [1.82, 2.24) is 4.90 Å². The van der Waals surface area contributed by atoms with Crippen LogP contribution in [0.2, 0.25) is 0 Å². The molecule has 1 aliphatic heterocycles. The van der Waals surface area contributed by atoms with Crippen molar-refractivity contribution in [2.24, 2.45) is 5.41 Å². The summed E-state index contributed by atoms with van der Waals surface area (Å²) < 4.78 is 18.5. The second-order valence-corrected chi connectivity index (χ2v) is 6.48. The summed E-state index contributed by atoms with van der Waals surface area (Å²) in [6, 6.07) is 3.63. The van der Waals surface area contributed by atoms with Crippen LogP contribution in [0.5, 0.6) is 5.75 Å². The average molecular weight is 321 g/mol. The van der Waals surface area contributed by atoms with Gasteiger partial charge in [-0.1, -0.05) is 18.9 Å². The molecule has 1 aliphatic carbocycles. The minimum absolute atomic E-state index is 0.000768. The number of carboxylic acid groups (broad SMARTS) is 1. The third kappa shape index (κ3) is 2.66. The number of carboxylic acids is 1. The van der Waals surface area contributed by atoms with Gasteiger partial charge in [0.15, 0.2) is 11.6 Å². The van der Waals surface area contributed by atoms with Gasteiger partial charge >= 0.3 is 5.97 Å². The molecule has 1 spiro atoms. The fourth-order valence-electron chi connectivity index (χ4n) is 3.97. The highest BCUT2D eigenvalue weighted by atomic mass is 19.1. The van der Waals surface area contributed by atoms with E-state index in [-0.39, 0.29) is 23.5 Å². The van der Waals surface area contributed by atoms with E-state index in [9.17, 15) is 19.1 Å². The van der Waals surface area contributed by atoms with E-state index in [0.717, 1.165) is 25.7 Å². The first kappa shape index (κ1) is 15.8. The number of hydrogen-bond acceptors (Lipinski definition) is 3. The lowest BCUT2D eigenvalue weighted by atomic mass is 9.70. The molecule has 0 unspecified atom stereocenters. The van der Waals surface area contributed by atoms with Crippen LogP contribution in [-0.2, 0) is 16.0 Å². The molecule has 0 radical (unpaired) electrons. The molecule has 6 heteroatoms. The Bertz CT molecular complexity index is 639. The minimum atomic E-state index is -0.938. The second kappa shape index (κ2) is 5.83. The minimum Gasteiger partial charge on any atom is -0.494 e. The molecular formula is C17H20FNO4. The molecule has 1 N–H and O–H groups in total. The van der Waals surface area contributed by atoms with Gasteiger partial charge < -0.3 is 14.7 Å². The Morgan fingerprint density at radius 3 is 2.65 bits per heavy atom. The Labute approximate surface area is 134 Å². The number of likely N-dealkylation sites (tertiary alicyclic amines) is 1. The van der Waals surface area contributed by atoms with Gasteiger partial charge in [-0.05, 0) is 30.5 Å². The summed E-state index contributed by atoms with van der Waals surface area (Å²) in [5, 5.41) is 9.49.